The third-order valence-electron chi connectivity index (χ3n) is 2.68. The van der Waals surface area contributed by atoms with Gasteiger partial charge < -0.3 is 19.7 Å². The molecule has 2 saturated heterocycles. The van der Waals surface area contributed by atoms with Crippen molar-refractivity contribution in [1.29, 1.82) is 0 Å². The van der Waals surface area contributed by atoms with Crippen molar-refractivity contribution >= 4 is 11.8 Å². The van der Waals surface area contributed by atoms with E-state index in [1.807, 2.05) is 0 Å². The van der Waals surface area contributed by atoms with Crippen LogP contribution in [0.3, 0.4) is 0 Å². The lowest BCUT2D eigenvalue weighted by Gasteiger charge is -2.39. The molecule has 0 amide bonds. The number of methoxy groups -OCH3 is 1. The number of rotatable bonds is 2. The first-order valence-electron chi connectivity index (χ1n) is 4.60. The van der Waals surface area contributed by atoms with E-state index < -0.39 is 12.2 Å². The minimum atomic E-state index is -0.628. The first-order valence-corrected chi connectivity index (χ1v) is 5.65. The number of aliphatic hydroxyl groups excluding tert-OH is 2. The molecule has 5 atom stereocenters. The molecule has 0 aromatic rings. The zero-order valence-corrected chi connectivity index (χ0v) is 8.74. The fraction of sp³-hybridized carbons (Fsp3) is 1.00. The highest BCUT2D eigenvalue weighted by atomic mass is 32.2. The quantitative estimate of drug-likeness (QED) is 0.541. The Bertz CT molecular complexity index is 206. The van der Waals surface area contributed by atoms with Gasteiger partial charge in [0.1, 0.15) is 6.10 Å². The molecular formula is C8H15NO4S. The van der Waals surface area contributed by atoms with Crippen LogP contribution in [0.25, 0.3) is 0 Å². The molecule has 2 heterocycles. The highest BCUT2D eigenvalue weighted by Gasteiger charge is 2.47. The molecule has 3 N–H and O–H groups in total. The summed E-state index contributed by atoms with van der Waals surface area (Å²) < 4.78 is 10.6. The van der Waals surface area contributed by atoms with Gasteiger partial charge >= 0.3 is 0 Å². The van der Waals surface area contributed by atoms with E-state index in [9.17, 15) is 5.11 Å². The summed E-state index contributed by atoms with van der Waals surface area (Å²) in [6.45, 7) is -0.176. The molecule has 14 heavy (non-hydrogen) atoms. The van der Waals surface area contributed by atoms with Gasteiger partial charge in [-0.2, -0.15) is 0 Å². The van der Waals surface area contributed by atoms with Crippen molar-refractivity contribution in [3.8, 4) is 0 Å². The van der Waals surface area contributed by atoms with Gasteiger partial charge in [-0.25, -0.2) is 0 Å². The minimum absolute atomic E-state index is 0.0165. The second kappa shape index (κ2) is 4.34. The predicted octanol–water partition coefficient (Wildman–Crippen LogP) is -1.26. The van der Waals surface area contributed by atoms with E-state index in [-0.39, 0.29) is 24.2 Å². The fourth-order valence-electron chi connectivity index (χ4n) is 1.92. The topological polar surface area (TPSA) is 71.0 Å². The van der Waals surface area contributed by atoms with Gasteiger partial charge in [0.15, 0.2) is 6.29 Å². The van der Waals surface area contributed by atoms with Crippen LogP contribution in [0.15, 0.2) is 0 Å². The van der Waals surface area contributed by atoms with Gasteiger partial charge in [-0.05, 0) is 0 Å². The lowest BCUT2D eigenvalue weighted by molar-refractivity contribution is -0.227. The predicted molar refractivity (Wildman–Crippen MR) is 51.9 cm³/mol. The van der Waals surface area contributed by atoms with Crippen LogP contribution >= 0.6 is 11.8 Å². The normalized spacial score (nSPS) is 47.8. The average Bonchev–Trinajstić information content (AvgIpc) is 2.68. The van der Waals surface area contributed by atoms with Crippen molar-refractivity contribution < 1.29 is 19.7 Å². The molecule has 5 nitrogen and oxygen atoms in total. The number of ether oxygens (including phenoxy) is 2. The monoisotopic (exact) mass is 221 g/mol. The summed E-state index contributed by atoms with van der Waals surface area (Å²) in [5, 5.41) is 22.1. The molecule has 0 unspecified atom stereocenters. The zero-order chi connectivity index (χ0) is 10.1. The number of nitrogens with one attached hydrogen (secondary N) is 1. The molecule has 2 rings (SSSR count). The standard InChI is InChI=1S/C8H15NO4S/c1-12-8-5-7(14-3-9-5)6(11)4(2-10)13-8/h4-11H,2-3H2,1H3/t4-,5-,6-,7+,8-/m1/s1. The van der Waals surface area contributed by atoms with E-state index in [0.717, 1.165) is 5.88 Å². The zero-order valence-electron chi connectivity index (χ0n) is 7.92. The Morgan fingerprint density at radius 3 is 3.07 bits per heavy atom. The summed E-state index contributed by atoms with van der Waals surface area (Å²) in [7, 11) is 1.57. The van der Waals surface area contributed by atoms with E-state index in [0.29, 0.717) is 0 Å². The van der Waals surface area contributed by atoms with Crippen molar-refractivity contribution in [2.45, 2.75) is 29.8 Å². The summed E-state index contributed by atoms with van der Waals surface area (Å²) in [6, 6.07) is 0.0165. The molecule has 2 fully saturated rings. The van der Waals surface area contributed by atoms with Gasteiger partial charge in [0, 0.05) is 13.0 Å². The maximum atomic E-state index is 9.85. The number of fused-ring (bicyclic) bond motifs is 1. The smallest absolute Gasteiger partial charge is 0.174 e. The number of hydrogen-bond donors (Lipinski definition) is 3. The van der Waals surface area contributed by atoms with Crippen molar-refractivity contribution in [2.75, 3.05) is 19.6 Å². The van der Waals surface area contributed by atoms with Crippen molar-refractivity contribution in [3.05, 3.63) is 0 Å². The lowest BCUT2D eigenvalue weighted by atomic mass is 10.0. The molecule has 0 aromatic carbocycles. The second-order valence-corrected chi connectivity index (χ2v) is 4.62. The van der Waals surface area contributed by atoms with E-state index in [4.69, 9.17) is 14.6 Å². The summed E-state index contributed by atoms with van der Waals surface area (Å²) in [5.41, 5.74) is 0. The molecule has 0 aliphatic carbocycles. The van der Waals surface area contributed by atoms with E-state index in [1.54, 1.807) is 18.9 Å². The first kappa shape index (κ1) is 10.7. The van der Waals surface area contributed by atoms with E-state index in [2.05, 4.69) is 5.32 Å². The molecule has 6 heteroatoms. The molecule has 82 valence electrons. The molecule has 0 aromatic heterocycles. The molecule has 2 aliphatic rings. The van der Waals surface area contributed by atoms with Crippen LogP contribution in [0.4, 0.5) is 0 Å². The number of hydrogen-bond acceptors (Lipinski definition) is 6. The Morgan fingerprint density at radius 1 is 1.64 bits per heavy atom. The Kier molecular flexibility index (Phi) is 3.30. The highest BCUT2D eigenvalue weighted by Crippen LogP contribution is 2.33. The summed E-state index contributed by atoms with van der Waals surface area (Å²) >= 11 is 1.64. The minimum Gasteiger partial charge on any atom is -0.394 e. The Labute approximate surface area is 86.8 Å². The van der Waals surface area contributed by atoms with E-state index >= 15 is 0 Å². The third-order valence-corrected chi connectivity index (χ3v) is 3.97. The van der Waals surface area contributed by atoms with Gasteiger partial charge in [0.25, 0.3) is 0 Å². The van der Waals surface area contributed by atoms with Gasteiger partial charge in [-0.15, -0.1) is 11.8 Å². The second-order valence-electron chi connectivity index (χ2n) is 3.46. The van der Waals surface area contributed by atoms with Crippen LogP contribution in [-0.4, -0.2) is 59.6 Å². The molecule has 0 spiro atoms. The SMILES string of the molecule is CO[C@@H]1O[C@H](CO)[C@@H](O)[C@H]2SCN[C@@H]12. The Hall–Kier alpha value is 0.150. The Morgan fingerprint density at radius 2 is 2.43 bits per heavy atom. The number of aliphatic hydroxyl groups is 2. The summed E-state index contributed by atoms with van der Waals surface area (Å²) in [6.07, 6.45) is -1.54. The lowest BCUT2D eigenvalue weighted by Crippen LogP contribution is -2.59. The highest BCUT2D eigenvalue weighted by molar-refractivity contribution is 8.00. The molecule has 0 bridgehead atoms. The van der Waals surface area contributed by atoms with Crippen molar-refractivity contribution in [1.82, 2.24) is 5.32 Å². The van der Waals surface area contributed by atoms with Crippen molar-refractivity contribution in [3.63, 3.8) is 0 Å². The molecular weight excluding hydrogens is 206 g/mol. The van der Waals surface area contributed by atoms with Crippen molar-refractivity contribution in [2.24, 2.45) is 0 Å². The summed E-state index contributed by atoms with van der Waals surface area (Å²) in [4.78, 5) is 0. The number of thioether (sulfide) groups is 1. The molecule has 2 aliphatic heterocycles. The van der Waals surface area contributed by atoms with Crippen LogP contribution in [0.5, 0.6) is 0 Å². The van der Waals surface area contributed by atoms with Gasteiger partial charge in [-0.3, -0.25) is 5.32 Å². The maximum Gasteiger partial charge on any atom is 0.174 e. The van der Waals surface area contributed by atoms with Crippen LogP contribution in [0.1, 0.15) is 0 Å². The fourth-order valence-corrected chi connectivity index (χ4v) is 3.21. The van der Waals surface area contributed by atoms with E-state index in [1.165, 1.54) is 0 Å². The van der Waals surface area contributed by atoms with Crippen LogP contribution in [-0.2, 0) is 9.47 Å². The first-order chi connectivity index (χ1) is 6.77. The van der Waals surface area contributed by atoms with Crippen LogP contribution < -0.4 is 5.32 Å². The third kappa shape index (κ3) is 1.66. The van der Waals surface area contributed by atoms with Crippen LogP contribution in [0, 0.1) is 0 Å². The van der Waals surface area contributed by atoms with Gasteiger partial charge in [0.05, 0.1) is 24.0 Å². The molecule has 0 radical (unpaired) electrons. The van der Waals surface area contributed by atoms with Gasteiger partial charge in [0.2, 0.25) is 0 Å². The molecule has 0 saturated carbocycles. The largest absolute Gasteiger partial charge is 0.394 e. The van der Waals surface area contributed by atoms with Gasteiger partial charge in [-0.1, -0.05) is 0 Å². The maximum absolute atomic E-state index is 9.85. The Balaban J connectivity index is 2.10. The average molecular weight is 221 g/mol. The summed E-state index contributed by atoms with van der Waals surface area (Å²) in [5.74, 6) is 0.785. The van der Waals surface area contributed by atoms with Crippen LogP contribution in [0.2, 0.25) is 0 Å².